The maximum absolute atomic E-state index is 13.8. The number of benzene rings is 2. The molecule has 0 aliphatic carbocycles. The van der Waals surface area contributed by atoms with Gasteiger partial charge in [-0.05, 0) is 30.8 Å². The minimum absolute atomic E-state index is 0.0451. The SMILES string of the molecule is CCN(CCn1c(=O)oc2ccccc21)Cc1c(F)cccc1F. The van der Waals surface area contributed by atoms with Crippen molar-refractivity contribution in [1.29, 1.82) is 0 Å². The van der Waals surface area contributed by atoms with Gasteiger partial charge in [0.2, 0.25) is 0 Å². The van der Waals surface area contributed by atoms with E-state index >= 15 is 0 Å². The molecule has 0 atom stereocenters. The van der Waals surface area contributed by atoms with Crippen LogP contribution in [-0.4, -0.2) is 22.6 Å². The molecule has 126 valence electrons. The van der Waals surface area contributed by atoms with E-state index in [9.17, 15) is 13.6 Å². The number of para-hydroxylation sites is 2. The minimum Gasteiger partial charge on any atom is -0.408 e. The second-order valence-corrected chi connectivity index (χ2v) is 5.56. The van der Waals surface area contributed by atoms with Gasteiger partial charge in [-0.1, -0.05) is 25.1 Å². The Balaban J connectivity index is 1.76. The molecule has 0 amide bonds. The number of fused-ring (bicyclic) bond motifs is 1. The van der Waals surface area contributed by atoms with Crippen molar-refractivity contribution in [3.05, 3.63) is 70.2 Å². The summed E-state index contributed by atoms with van der Waals surface area (Å²) in [5.74, 6) is -1.54. The lowest BCUT2D eigenvalue weighted by Gasteiger charge is -2.21. The molecule has 0 unspecified atom stereocenters. The Labute approximate surface area is 137 Å². The molecule has 6 heteroatoms. The lowest BCUT2D eigenvalue weighted by Crippen LogP contribution is -2.30. The molecule has 1 aromatic heterocycles. The van der Waals surface area contributed by atoms with Crippen LogP contribution >= 0.6 is 0 Å². The molecule has 0 fully saturated rings. The van der Waals surface area contributed by atoms with Crippen LogP contribution in [0.5, 0.6) is 0 Å². The molecule has 24 heavy (non-hydrogen) atoms. The number of likely N-dealkylation sites (N-methyl/N-ethyl adjacent to an activating group) is 1. The maximum Gasteiger partial charge on any atom is 0.419 e. The molecule has 4 nitrogen and oxygen atoms in total. The van der Waals surface area contributed by atoms with E-state index in [1.165, 1.54) is 22.8 Å². The fourth-order valence-corrected chi connectivity index (χ4v) is 2.72. The number of aromatic nitrogens is 1. The van der Waals surface area contributed by atoms with Crippen LogP contribution in [0.4, 0.5) is 8.78 Å². The predicted octanol–water partition coefficient (Wildman–Crippen LogP) is 3.39. The number of hydrogen-bond donors (Lipinski definition) is 0. The van der Waals surface area contributed by atoms with Gasteiger partial charge in [-0.25, -0.2) is 13.6 Å². The van der Waals surface area contributed by atoms with Gasteiger partial charge in [0.15, 0.2) is 5.58 Å². The maximum atomic E-state index is 13.8. The number of halogens is 2. The molecule has 0 aliphatic heterocycles. The molecule has 0 radical (unpaired) electrons. The third-order valence-electron chi connectivity index (χ3n) is 4.10. The van der Waals surface area contributed by atoms with E-state index < -0.39 is 17.4 Å². The molecule has 0 spiro atoms. The average molecular weight is 332 g/mol. The number of hydrogen-bond acceptors (Lipinski definition) is 3. The van der Waals surface area contributed by atoms with Crippen LogP contribution in [0.2, 0.25) is 0 Å². The Morgan fingerprint density at radius 1 is 1.08 bits per heavy atom. The zero-order valence-electron chi connectivity index (χ0n) is 13.3. The molecular formula is C18H18F2N2O2. The van der Waals surface area contributed by atoms with Crippen molar-refractivity contribution in [2.24, 2.45) is 0 Å². The fourth-order valence-electron chi connectivity index (χ4n) is 2.72. The Bertz CT molecular complexity index is 881. The molecule has 3 aromatic rings. The summed E-state index contributed by atoms with van der Waals surface area (Å²) < 4.78 is 34.3. The summed E-state index contributed by atoms with van der Waals surface area (Å²) in [6.45, 7) is 3.54. The minimum atomic E-state index is -0.556. The summed E-state index contributed by atoms with van der Waals surface area (Å²) in [7, 11) is 0. The van der Waals surface area contributed by atoms with Crippen LogP contribution in [0.25, 0.3) is 11.1 Å². The van der Waals surface area contributed by atoms with Crippen molar-refractivity contribution in [1.82, 2.24) is 9.47 Å². The van der Waals surface area contributed by atoms with Crippen molar-refractivity contribution < 1.29 is 13.2 Å². The summed E-state index contributed by atoms with van der Waals surface area (Å²) in [6, 6.07) is 11.0. The van der Waals surface area contributed by atoms with Gasteiger partial charge in [-0.15, -0.1) is 0 Å². The first kappa shape index (κ1) is 16.4. The molecule has 0 saturated carbocycles. The van der Waals surface area contributed by atoms with Gasteiger partial charge < -0.3 is 4.42 Å². The summed E-state index contributed by atoms with van der Waals surface area (Å²) >= 11 is 0. The molecule has 0 saturated heterocycles. The third-order valence-corrected chi connectivity index (χ3v) is 4.10. The van der Waals surface area contributed by atoms with Gasteiger partial charge in [-0.2, -0.15) is 0 Å². The monoisotopic (exact) mass is 332 g/mol. The van der Waals surface area contributed by atoms with Gasteiger partial charge in [0.05, 0.1) is 5.52 Å². The largest absolute Gasteiger partial charge is 0.419 e. The van der Waals surface area contributed by atoms with E-state index in [1.54, 1.807) is 12.1 Å². The first-order chi connectivity index (χ1) is 11.6. The highest BCUT2D eigenvalue weighted by Gasteiger charge is 2.14. The highest BCUT2D eigenvalue weighted by Crippen LogP contribution is 2.15. The van der Waals surface area contributed by atoms with Gasteiger partial charge in [-0.3, -0.25) is 9.47 Å². The number of nitrogens with zero attached hydrogens (tertiary/aromatic N) is 2. The van der Waals surface area contributed by atoms with Crippen LogP contribution in [-0.2, 0) is 13.1 Å². The van der Waals surface area contributed by atoms with Crippen LogP contribution in [0.3, 0.4) is 0 Å². The summed E-state index contributed by atoms with van der Waals surface area (Å²) in [5.41, 5.74) is 1.30. The summed E-state index contributed by atoms with van der Waals surface area (Å²) in [5, 5.41) is 0. The van der Waals surface area contributed by atoms with Gasteiger partial charge in [0.25, 0.3) is 0 Å². The first-order valence-electron chi connectivity index (χ1n) is 7.83. The quantitative estimate of drug-likeness (QED) is 0.694. The summed E-state index contributed by atoms with van der Waals surface area (Å²) in [6.07, 6.45) is 0. The highest BCUT2D eigenvalue weighted by molar-refractivity contribution is 5.72. The Hall–Kier alpha value is -2.47. The molecule has 0 bridgehead atoms. The predicted molar refractivity (Wildman–Crippen MR) is 87.8 cm³/mol. The highest BCUT2D eigenvalue weighted by atomic mass is 19.1. The second-order valence-electron chi connectivity index (χ2n) is 5.56. The molecule has 1 heterocycles. The van der Waals surface area contributed by atoms with Gasteiger partial charge in [0.1, 0.15) is 11.6 Å². The van der Waals surface area contributed by atoms with Crippen molar-refractivity contribution in [2.45, 2.75) is 20.0 Å². The molecule has 3 rings (SSSR count). The lowest BCUT2D eigenvalue weighted by molar-refractivity contribution is 0.258. The van der Waals surface area contributed by atoms with Crippen LogP contribution in [0, 0.1) is 11.6 Å². The smallest absolute Gasteiger partial charge is 0.408 e. The van der Waals surface area contributed by atoms with Crippen LogP contribution in [0.1, 0.15) is 12.5 Å². The van der Waals surface area contributed by atoms with E-state index in [0.29, 0.717) is 25.2 Å². The van der Waals surface area contributed by atoms with Gasteiger partial charge in [0, 0.05) is 25.2 Å². The van der Waals surface area contributed by atoms with E-state index in [1.807, 2.05) is 24.0 Å². The van der Waals surface area contributed by atoms with E-state index in [4.69, 9.17) is 4.42 Å². The molecule has 0 N–H and O–H groups in total. The zero-order chi connectivity index (χ0) is 17.1. The third kappa shape index (κ3) is 3.23. The zero-order valence-corrected chi connectivity index (χ0v) is 13.3. The number of rotatable bonds is 6. The topological polar surface area (TPSA) is 38.4 Å². The fraction of sp³-hybridized carbons (Fsp3) is 0.278. The standard InChI is InChI=1S/C18H18F2N2O2/c1-2-21(12-13-14(19)6-5-7-15(13)20)10-11-22-16-8-3-4-9-17(16)24-18(22)23/h3-9H,2,10-12H2,1H3. The van der Waals surface area contributed by atoms with Crippen LogP contribution in [0.15, 0.2) is 51.7 Å². The van der Waals surface area contributed by atoms with Crippen molar-refractivity contribution in [3.63, 3.8) is 0 Å². The van der Waals surface area contributed by atoms with Crippen molar-refractivity contribution in [2.75, 3.05) is 13.1 Å². The lowest BCUT2D eigenvalue weighted by atomic mass is 10.2. The Morgan fingerprint density at radius 2 is 1.79 bits per heavy atom. The van der Waals surface area contributed by atoms with Crippen molar-refractivity contribution in [3.8, 4) is 0 Å². The van der Waals surface area contributed by atoms with E-state index in [-0.39, 0.29) is 12.1 Å². The van der Waals surface area contributed by atoms with E-state index in [2.05, 4.69) is 0 Å². The van der Waals surface area contributed by atoms with Crippen molar-refractivity contribution >= 4 is 11.1 Å². The molecular weight excluding hydrogens is 314 g/mol. The Morgan fingerprint density at radius 3 is 2.50 bits per heavy atom. The van der Waals surface area contributed by atoms with Crippen LogP contribution < -0.4 is 5.76 Å². The van der Waals surface area contributed by atoms with Gasteiger partial charge >= 0.3 is 5.76 Å². The number of oxazole rings is 1. The normalized spacial score (nSPS) is 11.5. The Kier molecular flexibility index (Phi) is 4.76. The summed E-state index contributed by atoms with van der Waals surface area (Å²) in [4.78, 5) is 13.8. The first-order valence-corrected chi connectivity index (χ1v) is 7.83. The molecule has 0 aliphatic rings. The second kappa shape index (κ2) is 6.97. The van der Waals surface area contributed by atoms with E-state index in [0.717, 1.165) is 5.52 Å². The molecule has 2 aromatic carbocycles. The average Bonchev–Trinajstić information content (AvgIpc) is 2.89.